The Bertz CT molecular complexity index is 296. The molecule has 0 aliphatic carbocycles. The third-order valence-corrected chi connectivity index (χ3v) is 3.27. The van der Waals surface area contributed by atoms with E-state index in [1.165, 1.54) is 0 Å². The standard InChI is InChI=1S/C13H22O4/c1-5-9(2)12(15)16-10-7-6-8-11(14)17-13(10,3)4/h9-10H,5-8H2,1-4H3. The Kier molecular flexibility index (Phi) is 4.54. The summed E-state index contributed by atoms with van der Waals surface area (Å²) in [5.41, 5.74) is -0.725. The van der Waals surface area contributed by atoms with Gasteiger partial charge in [0.15, 0.2) is 0 Å². The van der Waals surface area contributed by atoms with E-state index in [0.717, 1.165) is 6.42 Å². The largest absolute Gasteiger partial charge is 0.458 e. The van der Waals surface area contributed by atoms with Crippen molar-refractivity contribution in [2.45, 2.75) is 65.1 Å². The summed E-state index contributed by atoms with van der Waals surface area (Å²) in [6.07, 6.45) is 2.21. The van der Waals surface area contributed by atoms with Gasteiger partial charge in [-0.15, -0.1) is 0 Å². The van der Waals surface area contributed by atoms with E-state index < -0.39 is 5.60 Å². The monoisotopic (exact) mass is 242 g/mol. The lowest BCUT2D eigenvalue weighted by atomic mass is 9.97. The maximum Gasteiger partial charge on any atom is 0.309 e. The molecule has 1 heterocycles. The van der Waals surface area contributed by atoms with E-state index in [2.05, 4.69) is 0 Å². The van der Waals surface area contributed by atoms with E-state index >= 15 is 0 Å². The van der Waals surface area contributed by atoms with E-state index in [1.54, 1.807) is 13.8 Å². The van der Waals surface area contributed by atoms with E-state index in [4.69, 9.17) is 9.47 Å². The number of carbonyl (C=O) groups excluding carboxylic acids is 2. The first-order valence-corrected chi connectivity index (χ1v) is 6.29. The van der Waals surface area contributed by atoms with Gasteiger partial charge in [-0.1, -0.05) is 13.8 Å². The van der Waals surface area contributed by atoms with Gasteiger partial charge in [0.1, 0.15) is 11.7 Å². The summed E-state index contributed by atoms with van der Waals surface area (Å²) in [5, 5.41) is 0. The van der Waals surface area contributed by atoms with Gasteiger partial charge in [0, 0.05) is 6.42 Å². The Morgan fingerprint density at radius 1 is 1.59 bits per heavy atom. The lowest BCUT2D eigenvalue weighted by molar-refractivity contribution is -0.180. The molecule has 98 valence electrons. The molecule has 4 heteroatoms. The minimum Gasteiger partial charge on any atom is -0.458 e. The molecule has 0 N–H and O–H groups in total. The number of ether oxygens (including phenoxy) is 2. The van der Waals surface area contributed by atoms with Crippen LogP contribution in [-0.4, -0.2) is 23.6 Å². The van der Waals surface area contributed by atoms with Crippen molar-refractivity contribution in [1.82, 2.24) is 0 Å². The Morgan fingerprint density at radius 2 is 2.24 bits per heavy atom. The van der Waals surface area contributed by atoms with Gasteiger partial charge < -0.3 is 9.47 Å². The summed E-state index contributed by atoms with van der Waals surface area (Å²) in [7, 11) is 0. The van der Waals surface area contributed by atoms with E-state index in [1.807, 2.05) is 13.8 Å². The second-order valence-electron chi connectivity index (χ2n) is 5.20. The molecule has 4 nitrogen and oxygen atoms in total. The molecule has 0 spiro atoms. The molecule has 1 aliphatic rings. The van der Waals surface area contributed by atoms with Crippen LogP contribution in [0.15, 0.2) is 0 Å². The molecule has 0 aromatic rings. The lowest BCUT2D eigenvalue weighted by Crippen LogP contribution is -2.42. The fraction of sp³-hybridized carbons (Fsp3) is 0.846. The average Bonchev–Trinajstić information content (AvgIpc) is 2.36. The van der Waals surface area contributed by atoms with Crippen LogP contribution in [0.4, 0.5) is 0 Å². The van der Waals surface area contributed by atoms with Crippen LogP contribution in [0, 0.1) is 5.92 Å². The maximum atomic E-state index is 11.8. The molecule has 0 amide bonds. The van der Waals surface area contributed by atoms with Crippen LogP contribution in [0.2, 0.25) is 0 Å². The van der Waals surface area contributed by atoms with Crippen LogP contribution >= 0.6 is 0 Å². The molecule has 0 radical (unpaired) electrons. The highest BCUT2D eigenvalue weighted by molar-refractivity contribution is 5.73. The van der Waals surface area contributed by atoms with Crippen molar-refractivity contribution in [2.75, 3.05) is 0 Å². The minimum atomic E-state index is -0.725. The zero-order valence-corrected chi connectivity index (χ0v) is 11.1. The van der Waals surface area contributed by atoms with E-state index in [0.29, 0.717) is 19.3 Å². The normalized spacial score (nSPS) is 25.6. The van der Waals surface area contributed by atoms with Gasteiger partial charge in [-0.05, 0) is 33.1 Å². The quantitative estimate of drug-likeness (QED) is 0.713. The van der Waals surface area contributed by atoms with Gasteiger partial charge in [-0.3, -0.25) is 9.59 Å². The van der Waals surface area contributed by atoms with Gasteiger partial charge in [0.05, 0.1) is 5.92 Å². The van der Waals surface area contributed by atoms with Gasteiger partial charge in [0.2, 0.25) is 0 Å². The number of esters is 2. The first-order chi connectivity index (χ1) is 7.86. The first-order valence-electron chi connectivity index (χ1n) is 6.29. The summed E-state index contributed by atoms with van der Waals surface area (Å²) >= 11 is 0. The van der Waals surface area contributed by atoms with Crippen LogP contribution in [0.25, 0.3) is 0 Å². The number of rotatable bonds is 3. The first kappa shape index (κ1) is 14.0. The van der Waals surface area contributed by atoms with Gasteiger partial charge in [-0.2, -0.15) is 0 Å². The van der Waals surface area contributed by atoms with Gasteiger partial charge >= 0.3 is 11.9 Å². The molecule has 1 fully saturated rings. The summed E-state index contributed by atoms with van der Waals surface area (Å²) in [6.45, 7) is 7.39. The highest BCUT2D eigenvalue weighted by atomic mass is 16.6. The maximum absolute atomic E-state index is 11.8. The highest BCUT2D eigenvalue weighted by Crippen LogP contribution is 2.28. The molecule has 0 aromatic carbocycles. The average molecular weight is 242 g/mol. The Hall–Kier alpha value is -1.06. The summed E-state index contributed by atoms with van der Waals surface area (Å²) in [6, 6.07) is 0. The van der Waals surface area contributed by atoms with Crippen molar-refractivity contribution in [2.24, 2.45) is 5.92 Å². The molecule has 0 saturated carbocycles. The molecule has 0 bridgehead atoms. The molecular weight excluding hydrogens is 220 g/mol. The predicted octanol–water partition coefficient (Wildman–Crippen LogP) is 2.45. The Labute approximate surface area is 103 Å². The second kappa shape index (κ2) is 5.52. The summed E-state index contributed by atoms with van der Waals surface area (Å²) in [5.74, 6) is -0.523. The van der Waals surface area contributed by atoms with Gasteiger partial charge in [-0.25, -0.2) is 0 Å². The van der Waals surface area contributed by atoms with E-state index in [9.17, 15) is 9.59 Å². The van der Waals surface area contributed by atoms with Crippen LogP contribution in [-0.2, 0) is 19.1 Å². The third kappa shape index (κ3) is 3.72. The number of hydrogen-bond acceptors (Lipinski definition) is 4. The fourth-order valence-corrected chi connectivity index (χ4v) is 1.81. The predicted molar refractivity (Wildman–Crippen MR) is 63.4 cm³/mol. The number of cyclic esters (lactones) is 1. The Balaban J connectivity index is 2.68. The SMILES string of the molecule is CCC(C)C(=O)OC1CCCC(=O)OC1(C)C. The zero-order valence-electron chi connectivity index (χ0n) is 11.1. The summed E-state index contributed by atoms with van der Waals surface area (Å²) in [4.78, 5) is 23.1. The topological polar surface area (TPSA) is 52.6 Å². The minimum absolute atomic E-state index is 0.107. The van der Waals surface area contributed by atoms with Crippen LogP contribution in [0.5, 0.6) is 0 Å². The van der Waals surface area contributed by atoms with E-state index in [-0.39, 0.29) is 24.0 Å². The van der Waals surface area contributed by atoms with Crippen molar-refractivity contribution in [3.8, 4) is 0 Å². The van der Waals surface area contributed by atoms with Crippen LogP contribution in [0.3, 0.4) is 0 Å². The van der Waals surface area contributed by atoms with Crippen LogP contribution in [0.1, 0.15) is 53.4 Å². The molecule has 0 aromatic heterocycles. The molecule has 2 unspecified atom stereocenters. The van der Waals surface area contributed by atoms with Crippen LogP contribution < -0.4 is 0 Å². The van der Waals surface area contributed by atoms with Crippen molar-refractivity contribution in [1.29, 1.82) is 0 Å². The van der Waals surface area contributed by atoms with Crippen molar-refractivity contribution < 1.29 is 19.1 Å². The molecule has 1 aliphatic heterocycles. The lowest BCUT2D eigenvalue weighted by Gasteiger charge is -2.32. The molecule has 17 heavy (non-hydrogen) atoms. The molecule has 1 rings (SSSR count). The molecule has 2 atom stereocenters. The molecule has 1 saturated heterocycles. The highest BCUT2D eigenvalue weighted by Gasteiger charge is 2.38. The second-order valence-corrected chi connectivity index (χ2v) is 5.20. The smallest absolute Gasteiger partial charge is 0.309 e. The Morgan fingerprint density at radius 3 is 2.82 bits per heavy atom. The fourth-order valence-electron chi connectivity index (χ4n) is 1.81. The summed E-state index contributed by atoms with van der Waals surface area (Å²) < 4.78 is 10.8. The van der Waals surface area contributed by atoms with Crippen molar-refractivity contribution in [3.63, 3.8) is 0 Å². The van der Waals surface area contributed by atoms with Crippen molar-refractivity contribution >= 4 is 11.9 Å². The number of carbonyl (C=O) groups is 2. The molecular formula is C13H22O4. The van der Waals surface area contributed by atoms with Gasteiger partial charge in [0.25, 0.3) is 0 Å². The zero-order chi connectivity index (χ0) is 13.1. The van der Waals surface area contributed by atoms with Crippen molar-refractivity contribution in [3.05, 3.63) is 0 Å². The number of hydrogen-bond donors (Lipinski definition) is 0. The third-order valence-electron chi connectivity index (χ3n) is 3.27.